The van der Waals surface area contributed by atoms with E-state index in [-0.39, 0.29) is 17.4 Å². The van der Waals surface area contributed by atoms with E-state index in [4.69, 9.17) is 0 Å². The minimum absolute atomic E-state index is 0.0565. The average molecular weight is 333 g/mol. The molecule has 2 amide bonds. The van der Waals surface area contributed by atoms with Crippen LogP contribution in [-0.2, 0) is 10.8 Å². The Morgan fingerprint density at radius 1 is 1.18 bits per heavy atom. The lowest BCUT2D eigenvalue weighted by atomic mass is 9.76. The summed E-state index contributed by atoms with van der Waals surface area (Å²) in [5.41, 5.74) is -0.576. The van der Waals surface area contributed by atoms with Crippen LogP contribution in [0, 0.1) is 5.92 Å². The quantitative estimate of drug-likeness (QED) is 0.697. The van der Waals surface area contributed by atoms with E-state index in [1.165, 1.54) is 6.42 Å². The first-order valence-corrected chi connectivity index (χ1v) is 9.56. The first-order chi connectivity index (χ1) is 10.2. The van der Waals surface area contributed by atoms with Gasteiger partial charge in [0.25, 0.3) is 0 Å². The number of amides is 2. The number of carbonyl (C=O) groups excluding carboxylic acids is 1. The number of rotatable bonds is 6. The summed E-state index contributed by atoms with van der Waals surface area (Å²) in [6.45, 7) is 8.01. The van der Waals surface area contributed by atoms with Gasteiger partial charge < -0.3 is 15.7 Å². The van der Waals surface area contributed by atoms with Crippen LogP contribution in [0.4, 0.5) is 4.79 Å². The third kappa shape index (κ3) is 5.88. The van der Waals surface area contributed by atoms with E-state index in [9.17, 15) is 14.1 Å². The van der Waals surface area contributed by atoms with Gasteiger partial charge in [-0.05, 0) is 46.5 Å². The summed E-state index contributed by atoms with van der Waals surface area (Å²) in [6.07, 6.45) is 5.65. The van der Waals surface area contributed by atoms with Gasteiger partial charge in [0.15, 0.2) is 0 Å². The SMILES string of the molecule is CC(C)(C)[S@](=O)CCNC(=O)N[C@@](C)(CO)C1CCCCC1. The highest BCUT2D eigenvalue weighted by molar-refractivity contribution is 7.86. The van der Waals surface area contributed by atoms with Crippen LogP contribution in [-0.4, -0.2) is 44.5 Å². The van der Waals surface area contributed by atoms with Gasteiger partial charge in [-0.1, -0.05) is 19.3 Å². The van der Waals surface area contributed by atoms with Gasteiger partial charge >= 0.3 is 6.03 Å². The Morgan fingerprint density at radius 3 is 2.27 bits per heavy atom. The molecule has 0 bridgehead atoms. The van der Waals surface area contributed by atoms with Crippen LogP contribution in [0.1, 0.15) is 59.8 Å². The Balaban J connectivity index is 2.43. The van der Waals surface area contributed by atoms with Crippen molar-refractivity contribution in [1.82, 2.24) is 10.6 Å². The van der Waals surface area contributed by atoms with Crippen molar-refractivity contribution in [3.8, 4) is 0 Å². The molecule has 0 aromatic carbocycles. The highest BCUT2D eigenvalue weighted by Gasteiger charge is 2.35. The number of nitrogens with one attached hydrogen (secondary N) is 2. The minimum Gasteiger partial charge on any atom is -0.394 e. The molecule has 1 fully saturated rings. The average Bonchev–Trinajstić information content (AvgIpc) is 2.46. The first kappa shape index (κ1) is 19.4. The Kier molecular flexibility index (Phi) is 7.32. The molecule has 0 unspecified atom stereocenters. The molecular weight excluding hydrogens is 300 g/mol. The van der Waals surface area contributed by atoms with Crippen LogP contribution in [0.2, 0.25) is 0 Å². The van der Waals surface area contributed by atoms with Crippen molar-refractivity contribution in [3.05, 3.63) is 0 Å². The van der Waals surface area contributed by atoms with Crippen LogP contribution < -0.4 is 10.6 Å². The molecule has 1 rings (SSSR count). The summed E-state index contributed by atoms with van der Waals surface area (Å²) in [4.78, 5) is 12.1. The van der Waals surface area contributed by atoms with Crippen molar-refractivity contribution >= 4 is 16.8 Å². The lowest BCUT2D eigenvalue weighted by Crippen LogP contribution is -2.57. The summed E-state index contributed by atoms with van der Waals surface area (Å²) in [5.74, 6) is 0.761. The highest BCUT2D eigenvalue weighted by atomic mass is 32.2. The van der Waals surface area contributed by atoms with Gasteiger partial charge in [0.2, 0.25) is 0 Å². The molecule has 5 nitrogen and oxygen atoms in total. The Morgan fingerprint density at radius 2 is 1.77 bits per heavy atom. The molecule has 0 saturated heterocycles. The first-order valence-electron chi connectivity index (χ1n) is 8.24. The van der Waals surface area contributed by atoms with Gasteiger partial charge in [0.05, 0.1) is 12.1 Å². The Bertz CT molecular complexity index is 389. The largest absolute Gasteiger partial charge is 0.394 e. The van der Waals surface area contributed by atoms with Crippen LogP contribution in [0.5, 0.6) is 0 Å². The van der Waals surface area contributed by atoms with Crippen molar-refractivity contribution in [1.29, 1.82) is 0 Å². The maximum Gasteiger partial charge on any atom is 0.315 e. The van der Waals surface area contributed by atoms with Gasteiger partial charge in [-0.25, -0.2) is 4.79 Å². The second kappa shape index (κ2) is 8.29. The van der Waals surface area contributed by atoms with Gasteiger partial charge in [-0.15, -0.1) is 0 Å². The van der Waals surface area contributed by atoms with Crippen LogP contribution in [0.3, 0.4) is 0 Å². The zero-order chi connectivity index (χ0) is 16.8. The molecule has 0 heterocycles. The van der Waals surface area contributed by atoms with Crippen LogP contribution >= 0.6 is 0 Å². The normalized spacial score (nSPS) is 21.0. The van der Waals surface area contributed by atoms with Gasteiger partial charge in [0.1, 0.15) is 0 Å². The molecule has 0 aliphatic heterocycles. The number of hydrogen-bond acceptors (Lipinski definition) is 3. The number of carbonyl (C=O) groups is 1. The van der Waals surface area contributed by atoms with Crippen LogP contribution in [0.25, 0.3) is 0 Å². The third-order valence-corrected chi connectivity index (χ3v) is 6.43. The van der Waals surface area contributed by atoms with Gasteiger partial charge in [-0.2, -0.15) is 0 Å². The smallest absolute Gasteiger partial charge is 0.315 e. The van der Waals surface area contributed by atoms with E-state index in [0.717, 1.165) is 25.7 Å². The molecule has 22 heavy (non-hydrogen) atoms. The molecule has 0 aromatic heterocycles. The third-order valence-electron chi connectivity index (χ3n) is 4.49. The molecule has 1 aliphatic carbocycles. The maximum absolute atomic E-state index is 12.1. The van der Waals surface area contributed by atoms with E-state index in [1.54, 1.807) is 0 Å². The topological polar surface area (TPSA) is 78.4 Å². The highest BCUT2D eigenvalue weighted by Crippen LogP contribution is 2.32. The fourth-order valence-corrected chi connectivity index (χ4v) is 3.78. The Labute approximate surface area is 137 Å². The molecule has 130 valence electrons. The fourth-order valence-electron chi connectivity index (χ4n) is 2.88. The van der Waals surface area contributed by atoms with Crippen molar-refractivity contribution in [2.45, 2.75) is 70.1 Å². The van der Waals surface area contributed by atoms with E-state index < -0.39 is 16.3 Å². The minimum atomic E-state index is -0.975. The molecule has 2 atom stereocenters. The van der Waals surface area contributed by atoms with Gasteiger partial charge in [0, 0.05) is 27.8 Å². The predicted molar refractivity (Wildman–Crippen MR) is 91.4 cm³/mol. The molecule has 0 aromatic rings. The summed E-state index contributed by atoms with van der Waals surface area (Å²) >= 11 is 0. The maximum atomic E-state index is 12.1. The standard InChI is InChI=1S/C16H32N2O3S/c1-15(2,3)22(21)11-10-17-14(20)18-16(4,12-19)13-8-6-5-7-9-13/h13,19H,5-12H2,1-4H3,(H2,17,18,20)/t16-,22+/m0/s1. The molecular formula is C16H32N2O3S. The van der Waals surface area contributed by atoms with Crippen molar-refractivity contribution in [2.24, 2.45) is 5.92 Å². The van der Waals surface area contributed by atoms with Crippen molar-refractivity contribution in [3.63, 3.8) is 0 Å². The summed E-state index contributed by atoms with van der Waals surface area (Å²) in [6, 6.07) is -0.284. The van der Waals surface area contributed by atoms with Gasteiger partial charge in [-0.3, -0.25) is 4.21 Å². The van der Waals surface area contributed by atoms with E-state index in [0.29, 0.717) is 18.2 Å². The second-order valence-corrected chi connectivity index (χ2v) is 9.78. The molecule has 6 heteroatoms. The molecule has 0 radical (unpaired) electrons. The zero-order valence-corrected chi connectivity index (χ0v) is 15.2. The molecule has 0 spiro atoms. The lowest BCUT2D eigenvalue weighted by Gasteiger charge is -2.39. The summed E-state index contributed by atoms with van der Waals surface area (Å²) in [5, 5.41) is 15.4. The summed E-state index contributed by atoms with van der Waals surface area (Å²) < 4.78 is 11.7. The van der Waals surface area contributed by atoms with E-state index in [2.05, 4.69) is 10.6 Å². The number of hydrogen-bond donors (Lipinski definition) is 3. The monoisotopic (exact) mass is 332 g/mol. The number of aliphatic hydroxyl groups is 1. The predicted octanol–water partition coefficient (Wildman–Crippen LogP) is 2.16. The van der Waals surface area contributed by atoms with E-state index in [1.807, 2.05) is 27.7 Å². The fraction of sp³-hybridized carbons (Fsp3) is 0.938. The van der Waals surface area contributed by atoms with Crippen LogP contribution in [0.15, 0.2) is 0 Å². The Hall–Kier alpha value is -0.620. The molecule has 1 saturated carbocycles. The molecule has 1 aliphatic rings. The van der Waals surface area contributed by atoms with Crippen molar-refractivity contribution in [2.75, 3.05) is 18.9 Å². The lowest BCUT2D eigenvalue weighted by molar-refractivity contribution is 0.101. The van der Waals surface area contributed by atoms with Crippen molar-refractivity contribution < 1.29 is 14.1 Å². The number of urea groups is 1. The molecule has 3 N–H and O–H groups in total. The number of aliphatic hydroxyl groups excluding tert-OH is 1. The zero-order valence-electron chi connectivity index (χ0n) is 14.4. The second-order valence-electron chi connectivity index (χ2n) is 7.45. The van der Waals surface area contributed by atoms with E-state index >= 15 is 0 Å². The summed E-state index contributed by atoms with van der Waals surface area (Å²) in [7, 11) is -0.975.